The minimum absolute atomic E-state index is 0.0104. The van der Waals surface area contributed by atoms with Crippen LogP contribution >= 0.6 is 0 Å². The summed E-state index contributed by atoms with van der Waals surface area (Å²) in [5.74, 6) is -0.0177. The molecule has 14 heteroatoms. The Kier molecular flexibility index (Phi) is 14.7. The van der Waals surface area contributed by atoms with Crippen LogP contribution in [0.25, 0.3) is 11.3 Å². The lowest BCUT2D eigenvalue weighted by atomic mass is 10.0. The zero-order valence-electron chi connectivity index (χ0n) is 34.7. The summed E-state index contributed by atoms with van der Waals surface area (Å²) in [6.45, 7) is 11.1. The number of benzene rings is 4. The third kappa shape index (κ3) is 12.4. The Balaban J connectivity index is 0.000000184. The Morgan fingerprint density at radius 3 is 1.52 bits per heavy atom. The van der Waals surface area contributed by atoms with E-state index in [1.165, 1.54) is 11.4 Å². The highest BCUT2D eigenvalue weighted by atomic mass is 16.2. The number of amides is 3. The van der Waals surface area contributed by atoms with Gasteiger partial charge in [0.15, 0.2) is 0 Å². The smallest absolute Gasteiger partial charge is 0.267 e. The Labute approximate surface area is 356 Å². The molecule has 5 aromatic rings. The van der Waals surface area contributed by atoms with Gasteiger partial charge in [0.1, 0.15) is 0 Å². The van der Waals surface area contributed by atoms with Crippen molar-refractivity contribution in [1.82, 2.24) is 25.4 Å². The Hall–Kier alpha value is -6.64. The quantitative estimate of drug-likeness (QED) is 0.130. The fourth-order valence-corrected chi connectivity index (χ4v) is 7.51. The fraction of sp³-hybridized carbons (Fsp3) is 0.319. The summed E-state index contributed by atoms with van der Waals surface area (Å²) in [6, 6.07) is 37.8. The zero-order chi connectivity index (χ0) is 42.4. The SMILES string of the molecule is Cc1cc(-c2ccc(NC(=O)CCN3CCN(c4ccccc4)CC3)cc2)n[nH]c1=O.O=C1CCC(c2ccc(NC(=O)CCN3CCN(c4ccccc4)CC3)cc2)=NN1. The van der Waals surface area contributed by atoms with Crippen molar-refractivity contribution in [3.05, 3.63) is 137 Å². The van der Waals surface area contributed by atoms with Crippen LogP contribution in [0.15, 0.2) is 125 Å². The van der Waals surface area contributed by atoms with Gasteiger partial charge in [0.2, 0.25) is 17.7 Å². The van der Waals surface area contributed by atoms with E-state index in [1.807, 2.05) is 60.7 Å². The van der Waals surface area contributed by atoms with Crippen LogP contribution in [0.4, 0.5) is 22.7 Å². The monoisotopic (exact) mass is 822 g/mol. The highest BCUT2D eigenvalue weighted by Gasteiger charge is 2.20. The number of H-pyrrole nitrogens is 1. The number of carbonyl (C=O) groups excluding carboxylic acids is 3. The summed E-state index contributed by atoms with van der Waals surface area (Å²) < 4.78 is 0. The number of aromatic nitrogens is 2. The number of anilines is 4. The molecule has 61 heavy (non-hydrogen) atoms. The number of aromatic amines is 1. The predicted molar refractivity (Wildman–Crippen MR) is 242 cm³/mol. The average Bonchev–Trinajstić information content (AvgIpc) is 3.30. The number of carbonyl (C=O) groups is 3. The van der Waals surface area contributed by atoms with Gasteiger partial charge in [0, 0.05) is 125 Å². The number of rotatable bonds is 12. The molecule has 0 unspecified atom stereocenters. The van der Waals surface area contributed by atoms with E-state index >= 15 is 0 Å². The van der Waals surface area contributed by atoms with Crippen molar-refractivity contribution in [2.75, 3.05) is 85.9 Å². The van der Waals surface area contributed by atoms with Gasteiger partial charge in [-0.25, -0.2) is 10.5 Å². The van der Waals surface area contributed by atoms with E-state index in [1.54, 1.807) is 13.0 Å². The topological polar surface area (TPSA) is 158 Å². The molecule has 2 fully saturated rings. The number of nitrogens with zero attached hydrogens (tertiary/aromatic N) is 6. The van der Waals surface area contributed by atoms with E-state index in [-0.39, 0.29) is 23.3 Å². The van der Waals surface area contributed by atoms with Crippen LogP contribution < -0.4 is 31.4 Å². The number of piperazine rings is 2. The van der Waals surface area contributed by atoms with Gasteiger partial charge in [-0.15, -0.1) is 0 Å². The van der Waals surface area contributed by atoms with Gasteiger partial charge in [-0.05, 0) is 67.1 Å². The molecule has 0 bridgehead atoms. The molecule has 0 saturated carbocycles. The summed E-state index contributed by atoms with van der Waals surface area (Å²) >= 11 is 0. The number of nitrogens with one attached hydrogen (secondary N) is 4. The van der Waals surface area contributed by atoms with Crippen molar-refractivity contribution in [2.24, 2.45) is 5.10 Å². The van der Waals surface area contributed by atoms with Crippen LogP contribution in [0.1, 0.15) is 36.8 Å². The van der Waals surface area contributed by atoms with Crippen LogP contribution in [0.3, 0.4) is 0 Å². The second-order valence-electron chi connectivity index (χ2n) is 15.4. The van der Waals surface area contributed by atoms with E-state index in [0.717, 1.165) is 93.7 Å². The second kappa shape index (κ2) is 21.1. The van der Waals surface area contributed by atoms with Crippen molar-refractivity contribution in [3.8, 4) is 11.3 Å². The lowest BCUT2D eigenvalue weighted by Gasteiger charge is -2.36. The number of aryl methyl sites for hydroxylation is 1. The maximum atomic E-state index is 12.4. The molecule has 4 aromatic carbocycles. The maximum Gasteiger partial charge on any atom is 0.267 e. The van der Waals surface area contributed by atoms with E-state index in [4.69, 9.17) is 0 Å². The van der Waals surface area contributed by atoms with E-state index in [9.17, 15) is 19.2 Å². The molecule has 3 amide bonds. The molecule has 3 aliphatic rings. The van der Waals surface area contributed by atoms with Gasteiger partial charge in [-0.1, -0.05) is 60.7 Å². The molecule has 1 aromatic heterocycles. The molecule has 14 nitrogen and oxygen atoms in total. The van der Waals surface area contributed by atoms with Crippen molar-refractivity contribution < 1.29 is 14.4 Å². The lowest BCUT2D eigenvalue weighted by Crippen LogP contribution is -2.47. The normalized spacial score (nSPS) is 15.8. The van der Waals surface area contributed by atoms with Crippen LogP contribution in [-0.4, -0.2) is 109 Å². The molecule has 4 heterocycles. The van der Waals surface area contributed by atoms with Gasteiger partial charge in [0.25, 0.3) is 5.56 Å². The molecule has 8 rings (SSSR count). The Morgan fingerprint density at radius 1 is 0.607 bits per heavy atom. The van der Waals surface area contributed by atoms with E-state index < -0.39 is 0 Å². The Morgan fingerprint density at radius 2 is 1.08 bits per heavy atom. The van der Waals surface area contributed by atoms with Gasteiger partial charge >= 0.3 is 0 Å². The van der Waals surface area contributed by atoms with E-state index in [2.05, 4.69) is 99.5 Å². The van der Waals surface area contributed by atoms with Crippen molar-refractivity contribution in [1.29, 1.82) is 0 Å². The zero-order valence-corrected chi connectivity index (χ0v) is 34.7. The standard InChI is InChI=1S/C24H27N5O2.C23H27N5O2/c1-18-17-22(26-27-24(18)31)19-7-9-20(10-8-19)25-23(30)11-12-28-13-15-29(16-14-28)21-5-3-2-4-6-21;29-22(12-13-27-14-16-28(17-15-27)20-4-2-1-3-5-20)24-19-8-6-18(7-9-19)21-10-11-23(30)26-25-21/h2-10,17H,11-16H2,1H3,(H,25,30)(H,27,31);1-9H,10-17H2,(H,24,29)(H,26,30). The summed E-state index contributed by atoms with van der Waals surface area (Å²) in [5.41, 5.74) is 10.4. The van der Waals surface area contributed by atoms with Gasteiger partial charge < -0.3 is 20.4 Å². The van der Waals surface area contributed by atoms with E-state index in [0.29, 0.717) is 36.9 Å². The molecule has 0 aliphatic carbocycles. The number of hydrogen-bond acceptors (Lipinski definition) is 10. The molecule has 3 aliphatic heterocycles. The molecular formula is C47H54N10O4. The highest BCUT2D eigenvalue weighted by Crippen LogP contribution is 2.21. The fourth-order valence-electron chi connectivity index (χ4n) is 7.51. The van der Waals surface area contributed by atoms with Crippen LogP contribution in [0.5, 0.6) is 0 Å². The third-order valence-corrected chi connectivity index (χ3v) is 11.2. The Bertz CT molecular complexity index is 2300. The first-order valence-corrected chi connectivity index (χ1v) is 21.0. The largest absolute Gasteiger partial charge is 0.369 e. The first-order chi connectivity index (χ1) is 29.8. The lowest BCUT2D eigenvalue weighted by molar-refractivity contribution is -0.121. The second-order valence-corrected chi connectivity index (χ2v) is 15.4. The van der Waals surface area contributed by atoms with Crippen molar-refractivity contribution in [3.63, 3.8) is 0 Å². The molecule has 2 saturated heterocycles. The average molecular weight is 823 g/mol. The summed E-state index contributed by atoms with van der Waals surface area (Å²) in [5, 5.41) is 16.6. The summed E-state index contributed by atoms with van der Waals surface area (Å²) in [6.07, 6.45) is 2.03. The van der Waals surface area contributed by atoms with Crippen LogP contribution in [-0.2, 0) is 14.4 Å². The molecule has 0 radical (unpaired) electrons. The van der Waals surface area contributed by atoms with Gasteiger partial charge in [-0.3, -0.25) is 29.0 Å². The molecular weight excluding hydrogens is 769 g/mol. The van der Waals surface area contributed by atoms with Crippen LogP contribution in [0, 0.1) is 6.92 Å². The molecule has 316 valence electrons. The van der Waals surface area contributed by atoms with Crippen molar-refractivity contribution in [2.45, 2.75) is 32.6 Å². The van der Waals surface area contributed by atoms with Crippen LogP contribution in [0.2, 0.25) is 0 Å². The highest BCUT2D eigenvalue weighted by molar-refractivity contribution is 6.04. The summed E-state index contributed by atoms with van der Waals surface area (Å²) in [4.78, 5) is 56.8. The van der Waals surface area contributed by atoms with Gasteiger partial charge in [-0.2, -0.15) is 10.2 Å². The maximum absolute atomic E-state index is 12.4. The predicted octanol–water partition coefficient (Wildman–Crippen LogP) is 5.35. The number of hydrogen-bond donors (Lipinski definition) is 4. The first kappa shape index (κ1) is 42.5. The number of para-hydroxylation sites is 2. The molecule has 0 spiro atoms. The van der Waals surface area contributed by atoms with Crippen molar-refractivity contribution >= 4 is 46.2 Å². The minimum atomic E-state index is -0.186. The summed E-state index contributed by atoms with van der Waals surface area (Å²) in [7, 11) is 0. The minimum Gasteiger partial charge on any atom is -0.369 e. The first-order valence-electron chi connectivity index (χ1n) is 21.0. The number of hydrazone groups is 1. The molecule has 4 N–H and O–H groups in total. The van der Waals surface area contributed by atoms with Gasteiger partial charge in [0.05, 0.1) is 11.4 Å². The molecule has 0 atom stereocenters. The third-order valence-electron chi connectivity index (χ3n) is 11.2.